The summed E-state index contributed by atoms with van der Waals surface area (Å²) in [6.45, 7) is 13.0. The summed E-state index contributed by atoms with van der Waals surface area (Å²) in [4.78, 5) is 6.86. The second kappa shape index (κ2) is 5.43. The molecule has 0 aliphatic carbocycles. The number of aromatic nitrogens is 1. The van der Waals surface area contributed by atoms with Crippen molar-refractivity contribution in [2.75, 3.05) is 19.6 Å². The molecule has 1 fully saturated rings. The van der Waals surface area contributed by atoms with E-state index in [9.17, 15) is 0 Å². The van der Waals surface area contributed by atoms with E-state index in [1.165, 1.54) is 26.1 Å². The van der Waals surface area contributed by atoms with Crippen LogP contribution in [0.5, 0.6) is 0 Å². The lowest BCUT2D eigenvalue weighted by molar-refractivity contribution is 0.186. The molecule has 2 rings (SSSR count). The molecule has 0 amide bonds. The summed E-state index contributed by atoms with van der Waals surface area (Å²) in [5.41, 5.74) is 0.274. The van der Waals surface area contributed by atoms with Crippen LogP contribution in [0, 0.1) is 17.3 Å². The Morgan fingerprint density at radius 2 is 2.28 bits per heavy atom. The molecule has 1 saturated heterocycles. The first-order valence-corrected chi connectivity index (χ1v) is 7.08. The van der Waals surface area contributed by atoms with Crippen LogP contribution in [-0.2, 0) is 6.42 Å². The van der Waals surface area contributed by atoms with E-state index in [4.69, 9.17) is 4.42 Å². The van der Waals surface area contributed by atoms with Gasteiger partial charge >= 0.3 is 0 Å². The average molecular weight is 250 g/mol. The van der Waals surface area contributed by atoms with Crippen molar-refractivity contribution in [1.29, 1.82) is 0 Å². The van der Waals surface area contributed by atoms with Gasteiger partial charge in [0.1, 0.15) is 6.26 Å². The fourth-order valence-corrected chi connectivity index (χ4v) is 3.03. The summed E-state index contributed by atoms with van der Waals surface area (Å²) in [7, 11) is 0. The molecular formula is C15H26N2O. The van der Waals surface area contributed by atoms with E-state index in [0.29, 0.717) is 0 Å². The highest BCUT2D eigenvalue weighted by atomic mass is 16.3. The summed E-state index contributed by atoms with van der Waals surface area (Å²) < 4.78 is 5.40. The van der Waals surface area contributed by atoms with Crippen LogP contribution < -0.4 is 0 Å². The first-order valence-electron chi connectivity index (χ1n) is 7.08. The van der Waals surface area contributed by atoms with E-state index in [-0.39, 0.29) is 5.41 Å². The second-order valence-corrected chi connectivity index (χ2v) is 6.73. The highest BCUT2D eigenvalue weighted by Gasteiger charge is 2.36. The first kappa shape index (κ1) is 13.6. The van der Waals surface area contributed by atoms with E-state index in [1.807, 2.05) is 0 Å². The molecule has 1 aliphatic rings. The lowest BCUT2D eigenvalue weighted by atomic mass is 9.75. The van der Waals surface area contributed by atoms with Crippen molar-refractivity contribution in [3.63, 3.8) is 0 Å². The number of hydrogen-bond acceptors (Lipinski definition) is 3. The van der Waals surface area contributed by atoms with Gasteiger partial charge in [0, 0.05) is 19.5 Å². The Hall–Kier alpha value is -0.830. The number of likely N-dealkylation sites (tertiary alicyclic amines) is 1. The van der Waals surface area contributed by atoms with Crippen LogP contribution in [0.3, 0.4) is 0 Å². The van der Waals surface area contributed by atoms with Crippen molar-refractivity contribution < 1.29 is 4.42 Å². The molecule has 1 unspecified atom stereocenters. The summed E-state index contributed by atoms with van der Waals surface area (Å²) in [5, 5.41) is 0. The molecule has 0 bridgehead atoms. The van der Waals surface area contributed by atoms with Gasteiger partial charge in [-0.3, -0.25) is 0 Å². The van der Waals surface area contributed by atoms with Gasteiger partial charge in [-0.25, -0.2) is 4.98 Å². The zero-order chi connectivity index (χ0) is 13.2. The minimum atomic E-state index is 0.274. The van der Waals surface area contributed by atoms with Crippen LogP contribution in [0.4, 0.5) is 0 Å². The summed E-state index contributed by atoms with van der Waals surface area (Å²) in [6.07, 6.45) is 5.66. The monoisotopic (exact) mass is 250 g/mol. The Morgan fingerprint density at radius 1 is 1.50 bits per heavy atom. The van der Waals surface area contributed by atoms with Crippen molar-refractivity contribution in [2.45, 2.75) is 40.5 Å². The van der Waals surface area contributed by atoms with E-state index in [1.54, 1.807) is 12.5 Å². The number of rotatable bonds is 5. The number of oxazole rings is 1. The van der Waals surface area contributed by atoms with Crippen LogP contribution in [0.1, 0.15) is 40.0 Å². The molecule has 1 aliphatic heterocycles. The highest BCUT2D eigenvalue weighted by molar-refractivity contribution is 4.93. The molecule has 0 saturated carbocycles. The fraction of sp³-hybridized carbons (Fsp3) is 0.800. The van der Waals surface area contributed by atoms with E-state index in [2.05, 4.69) is 37.6 Å². The van der Waals surface area contributed by atoms with Crippen molar-refractivity contribution in [1.82, 2.24) is 9.88 Å². The Balaban J connectivity index is 1.91. The minimum absolute atomic E-state index is 0.274. The van der Waals surface area contributed by atoms with Crippen LogP contribution in [0.2, 0.25) is 0 Å². The molecule has 1 aromatic heterocycles. The molecule has 3 heteroatoms. The van der Waals surface area contributed by atoms with Gasteiger partial charge in [0.05, 0.1) is 6.20 Å². The second-order valence-electron chi connectivity index (χ2n) is 6.73. The zero-order valence-corrected chi connectivity index (χ0v) is 12.1. The van der Waals surface area contributed by atoms with E-state index < -0.39 is 0 Å². The van der Waals surface area contributed by atoms with E-state index >= 15 is 0 Å². The van der Waals surface area contributed by atoms with Gasteiger partial charge in [0.25, 0.3) is 0 Å². The maximum Gasteiger partial charge on any atom is 0.194 e. The smallest absolute Gasteiger partial charge is 0.194 e. The van der Waals surface area contributed by atoms with Gasteiger partial charge < -0.3 is 9.32 Å². The van der Waals surface area contributed by atoms with Crippen LogP contribution in [-0.4, -0.2) is 29.5 Å². The van der Waals surface area contributed by atoms with Gasteiger partial charge in [-0.05, 0) is 30.2 Å². The van der Waals surface area contributed by atoms with Gasteiger partial charge in [-0.2, -0.15) is 0 Å². The van der Waals surface area contributed by atoms with Crippen LogP contribution >= 0.6 is 0 Å². The quantitative estimate of drug-likeness (QED) is 0.803. The molecule has 1 aromatic rings. The minimum Gasteiger partial charge on any atom is -0.449 e. The van der Waals surface area contributed by atoms with E-state index in [0.717, 1.165) is 24.1 Å². The molecule has 0 aromatic carbocycles. The van der Waals surface area contributed by atoms with Crippen LogP contribution in [0.15, 0.2) is 16.9 Å². The topological polar surface area (TPSA) is 29.3 Å². The van der Waals surface area contributed by atoms with Gasteiger partial charge in [0.2, 0.25) is 0 Å². The zero-order valence-electron chi connectivity index (χ0n) is 12.1. The van der Waals surface area contributed by atoms with Crippen molar-refractivity contribution in [2.24, 2.45) is 17.3 Å². The third kappa shape index (κ3) is 3.35. The molecule has 3 nitrogen and oxygen atoms in total. The molecule has 0 N–H and O–H groups in total. The van der Waals surface area contributed by atoms with Gasteiger partial charge in [0.15, 0.2) is 5.89 Å². The molecule has 0 radical (unpaired) electrons. The third-order valence-corrected chi connectivity index (χ3v) is 4.09. The molecule has 102 valence electrons. The molecule has 1 atom stereocenters. The maximum atomic E-state index is 5.40. The summed E-state index contributed by atoms with van der Waals surface area (Å²) in [5.74, 6) is 2.39. The van der Waals surface area contributed by atoms with Gasteiger partial charge in [-0.15, -0.1) is 0 Å². The summed E-state index contributed by atoms with van der Waals surface area (Å²) in [6, 6.07) is 0. The largest absolute Gasteiger partial charge is 0.449 e. The Labute approximate surface area is 111 Å². The van der Waals surface area contributed by atoms with Crippen LogP contribution in [0.25, 0.3) is 0 Å². The highest BCUT2D eigenvalue weighted by Crippen LogP contribution is 2.37. The number of hydrogen-bond donors (Lipinski definition) is 0. The molecule has 18 heavy (non-hydrogen) atoms. The SMILES string of the molecule is CC(C)CN1CCC(C(C)(C)Cc2ncco2)C1. The predicted molar refractivity (Wildman–Crippen MR) is 73.4 cm³/mol. The van der Waals surface area contributed by atoms with Crippen molar-refractivity contribution in [3.8, 4) is 0 Å². The Morgan fingerprint density at radius 3 is 2.89 bits per heavy atom. The molecule has 2 heterocycles. The Kier molecular flexibility index (Phi) is 4.10. The molecule has 0 spiro atoms. The first-order chi connectivity index (χ1) is 8.47. The number of nitrogens with zero attached hydrogens (tertiary/aromatic N) is 2. The standard InChI is InChI=1S/C15H26N2O/c1-12(2)10-17-7-5-13(11-17)15(3,4)9-14-16-6-8-18-14/h6,8,12-13H,5,7,9-11H2,1-4H3. The lowest BCUT2D eigenvalue weighted by Crippen LogP contribution is -2.31. The van der Waals surface area contributed by atoms with Crippen molar-refractivity contribution in [3.05, 3.63) is 18.4 Å². The predicted octanol–water partition coefficient (Wildman–Crippen LogP) is 3.22. The van der Waals surface area contributed by atoms with Gasteiger partial charge in [-0.1, -0.05) is 27.7 Å². The maximum absolute atomic E-state index is 5.40. The fourth-order valence-electron chi connectivity index (χ4n) is 3.03. The Bertz CT molecular complexity index is 357. The van der Waals surface area contributed by atoms with Crippen molar-refractivity contribution >= 4 is 0 Å². The summed E-state index contributed by atoms with van der Waals surface area (Å²) >= 11 is 0. The lowest BCUT2D eigenvalue weighted by Gasteiger charge is -2.31. The third-order valence-electron chi connectivity index (χ3n) is 4.09. The normalized spacial score (nSPS) is 21.9. The average Bonchev–Trinajstić information content (AvgIpc) is 2.87. The molecular weight excluding hydrogens is 224 g/mol.